The van der Waals surface area contributed by atoms with Gasteiger partial charge in [-0.05, 0) is 17.1 Å². The van der Waals surface area contributed by atoms with Crippen LogP contribution < -0.4 is 0 Å². The molecule has 1 aromatic heterocycles. The number of benzene rings is 1. The molecule has 0 aliphatic carbocycles. The molecule has 1 atom stereocenters. The Morgan fingerprint density at radius 2 is 2.14 bits per heavy atom. The van der Waals surface area contributed by atoms with E-state index in [2.05, 4.69) is 4.98 Å². The molecule has 0 saturated carbocycles. The van der Waals surface area contributed by atoms with Crippen LogP contribution in [-0.2, 0) is 11.1 Å². The van der Waals surface area contributed by atoms with Crippen LogP contribution in [0.15, 0.2) is 35.5 Å². The van der Waals surface area contributed by atoms with Crippen LogP contribution in [0.1, 0.15) is 0 Å². The summed E-state index contributed by atoms with van der Waals surface area (Å²) < 4.78 is 21.8. The minimum Gasteiger partial charge on any atom is -0.768 e. The first-order valence-electron chi connectivity index (χ1n) is 3.81. The molecule has 0 spiro atoms. The van der Waals surface area contributed by atoms with Crippen molar-refractivity contribution in [3.05, 3.63) is 35.6 Å². The molecule has 72 valence electrons. The first-order valence-corrected chi connectivity index (χ1v) is 5.27. The highest BCUT2D eigenvalue weighted by Crippen LogP contribution is 2.27. The third-order valence-electron chi connectivity index (χ3n) is 1.88. The van der Waals surface area contributed by atoms with Gasteiger partial charge in [-0.3, -0.25) is 9.19 Å². The number of hydrogen-bond donors (Lipinski definition) is 0. The van der Waals surface area contributed by atoms with E-state index in [4.69, 9.17) is 11.6 Å². The van der Waals surface area contributed by atoms with Gasteiger partial charge in [0.1, 0.15) is 0 Å². The molecular formula is C9H5ClNO2S-. The SMILES string of the molecule is O=S([O-])c1cccc2cncc(Cl)c12. The van der Waals surface area contributed by atoms with E-state index in [1.807, 2.05) is 0 Å². The van der Waals surface area contributed by atoms with E-state index in [-0.39, 0.29) is 4.90 Å². The summed E-state index contributed by atoms with van der Waals surface area (Å²) >= 11 is 3.59. The Morgan fingerprint density at radius 1 is 1.36 bits per heavy atom. The van der Waals surface area contributed by atoms with Crippen LogP contribution in [0.2, 0.25) is 5.02 Å². The smallest absolute Gasteiger partial charge is 0.0679 e. The number of aromatic nitrogens is 1. The van der Waals surface area contributed by atoms with E-state index < -0.39 is 11.1 Å². The zero-order chi connectivity index (χ0) is 10.1. The molecule has 0 bridgehead atoms. The number of nitrogens with zero attached hydrogens (tertiary/aromatic N) is 1. The van der Waals surface area contributed by atoms with Crippen molar-refractivity contribution in [1.82, 2.24) is 4.98 Å². The predicted octanol–water partition coefficient (Wildman–Crippen LogP) is 2.13. The second-order valence-corrected chi connectivity index (χ2v) is 4.03. The third-order valence-corrected chi connectivity index (χ3v) is 2.86. The molecule has 0 saturated heterocycles. The van der Waals surface area contributed by atoms with Gasteiger partial charge in [0.2, 0.25) is 0 Å². The standard InChI is InChI=1S/C9H6ClNO2S/c10-7-5-11-4-6-2-1-3-8(9(6)7)14(12)13/h1-5H,(H,12,13)/p-1. The Kier molecular flexibility index (Phi) is 2.50. The second kappa shape index (κ2) is 3.65. The fourth-order valence-electron chi connectivity index (χ4n) is 1.30. The van der Waals surface area contributed by atoms with Gasteiger partial charge in [-0.1, -0.05) is 23.7 Å². The maximum atomic E-state index is 10.9. The summed E-state index contributed by atoms with van der Waals surface area (Å²) in [5, 5.41) is 1.60. The van der Waals surface area contributed by atoms with E-state index >= 15 is 0 Å². The maximum absolute atomic E-state index is 10.9. The average Bonchev–Trinajstić information content (AvgIpc) is 2.17. The van der Waals surface area contributed by atoms with Gasteiger partial charge >= 0.3 is 0 Å². The molecule has 3 nitrogen and oxygen atoms in total. The zero-order valence-corrected chi connectivity index (χ0v) is 8.51. The van der Waals surface area contributed by atoms with Crippen LogP contribution in [-0.4, -0.2) is 13.7 Å². The second-order valence-electron chi connectivity index (χ2n) is 2.71. The van der Waals surface area contributed by atoms with Gasteiger partial charge in [0, 0.05) is 28.1 Å². The molecule has 1 heterocycles. The van der Waals surface area contributed by atoms with Gasteiger partial charge in [-0.2, -0.15) is 0 Å². The summed E-state index contributed by atoms with van der Waals surface area (Å²) in [5.74, 6) is 0. The molecule has 0 fully saturated rings. The molecule has 1 aromatic carbocycles. The van der Waals surface area contributed by atoms with Crippen molar-refractivity contribution in [2.24, 2.45) is 0 Å². The van der Waals surface area contributed by atoms with Crippen molar-refractivity contribution in [2.75, 3.05) is 0 Å². The lowest BCUT2D eigenvalue weighted by Crippen LogP contribution is -1.91. The fourth-order valence-corrected chi connectivity index (χ4v) is 2.21. The van der Waals surface area contributed by atoms with E-state index in [0.29, 0.717) is 10.4 Å². The lowest BCUT2D eigenvalue weighted by molar-refractivity contribution is 0.538. The van der Waals surface area contributed by atoms with E-state index in [0.717, 1.165) is 5.39 Å². The Hall–Kier alpha value is -0.970. The van der Waals surface area contributed by atoms with Crippen molar-refractivity contribution < 1.29 is 8.76 Å². The molecule has 2 aromatic rings. The lowest BCUT2D eigenvalue weighted by atomic mass is 10.2. The largest absolute Gasteiger partial charge is 0.768 e. The average molecular weight is 227 g/mol. The molecule has 2 rings (SSSR count). The molecule has 0 aliphatic rings. The van der Waals surface area contributed by atoms with Crippen LogP contribution in [0.5, 0.6) is 0 Å². The lowest BCUT2D eigenvalue weighted by Gasteiger charge is -2.09. The Morgan fingerprint density at radius 3 is 2.86 bits per heavy atom. The van der Waals surface area contributed by atoms with Crippen molar-refractivity contribution in [3.8, 4) is 0 Å². The fraction of sp³-hybridized carbons (Fsp3) is 0. The quantitative estimate of drug-likeness (QED) is 0.700. The number of hydrogen-bond acceptors (Lipinski definition) is 3. The normalized spacial score (nSPS) is 13.0. The Balaban J connectivity index is 2.91. The van der Waals surface area contributed by atoms with Crippen LogP contribution in [0.4, 0.5) is 0 Å². The maximum Gasteiger partial charge on any atom is 0.0679 e. The number of rotatable bonds is 1. The van der Waals surface area contributed by atoms with Crippen LogP contribution in [0, 0.1) is 0 Å². The van der Waals surface area contributed by atoms with Crippen molar-refractivity contribution in [3.63, 3.8) is 0 Å². The molecule has 0 N–H and O–H groups in total. The topological polar surface area (TPSA) is 53.0 Å². The zero-order valence-electron chi connectivity index (χ0n) is 6.94. The van der Waals surface area contributed by atoms with E-state index in [1.54, 1.807) is 18.3 Å². The number of fused-ring (bicyclic) bond motifs is 1. The molecule has 0 radical (unpaired) electrons. The van der Waals surface area contributed by atoms with Crippen molar-refractivity contribution in [1.29, 1.82) is 0 Å². The highest BCUT2D eigenvalue weighted by Gasteiger charge is 2.04. The molecule has 0 aliphatic heterocycles. The molecule has 0 amide bonds. The van der Waals surface area contributed by atoms with Crippen LogP contribution >= 0.6 is 11.6 Å². The van der Waals surface area contributed by atoms with Gasteiger partial charge in [0.25, 0.3) is 0 Å². The van der Waals surface area contributed by atoms with Crippen molar-refractivity contribution in [2.45, 2.75) is 4.90 Å². The Bertz CT molecular complexity index is 510. The first-order chi connectivity index (χ1) is 6.70. The Labute approximate surface area is 88.0 Å². The summed E-state index contributed by atoms with van der Waals surface area (Å²) in [5.41, 5.74) is 0. The first kappa shape index (κ1) is 9.58. The van der Waals surface area contributed by atoms with Gasteiger partial charge < -0.3 is 4.55 Å². The third kappa shape index (κ3) is 1.52. The highest BCUT2D eigenvalue weighted by molar-refractivity contribution is 7.79. The van der Waals surface area contributed by atoms with Crippen molar-refractivity contribution >= 4 is 33.5 Å². The van der Waals surface area contributed by atoms with Gasteiger partial charge in [0.15, 0.2) is 0 Å². The number of pyridine rings is 1. The summed E-state index contributed by atoms with van der Waals surface area (Å²) in [6, 6.07) is 4.94. The van der Waals surface area contributed by atoms with Gasteiger partial charge in [-0.25, -0.2) is 0 Å². The molecule has 5 heteroatoms. The minimum absolute atomic E-state index is 0.204. The van der Waals surface area contributed by atoms with Crippen LogP contribution in [0.3, 0.4) is 0 Å². The molecule has 14 heavy (non-hydrogen) atoms. The van der Waals surface area contributed by atoms with E-state index in [1.165, 1.54) is 12.3 Å². The highest BCUT2D eigenvalue weighted by atomic mass is 35.5. The van der Waals surface area contributed by atoms with Gasteiger partial charge in [-0.15, -0.1) is 0 Å². The predicted molar refractivity (Wildman–Crippen MR) is 53.9 cm³/mol. The summed E-state index contributed by atoms with van der Waals surface area (Å²) in [6.45, 7) is 0. The summed E-state index contributed by atoms with van der Waals surface area (Å²) in [4.78, 5) is 4.08. The minimum atomic E-state index is -2.28. The summed E-state index contributed by atoms with van der Waals surface area (Å²) in [7, 11) is 0. The summed E-state index contributed by atoms with van der Waals surface area (Å²) in [6.07, 6.45) is 3.01. The van der Waals surface area contributed by atoms with Crippen LogP contribution in [0.25, 0.3) is 10.8 Å². The molecular weight excluding hydrogens is 222 g/mol. The van der Waals surface area contributed by atoms with E-state index in [9.17, 15) is 8.76 Å². The monoisotopic (exact) mass is 226 g/mol. The van der Waals surface area contributed by atoms with Gasteiger partial charge in [0.05, 0.1) is 5.02 Å². The number of halogens is 1. The molecule has 1 unspecified atom stereocenters.